The molecule has 0 radical (unpaired) electrons. The molecule has 0 spiro atoms. The zero-order chi connectivity index (χ0) is 13.0. The summed E-state index contributed by atoms with van der Waals surface area (Å²) in [5.74, 6) is -0.838. The number of H-pyrrole nitrogens is 1. The zero-order valence-corrected chi connectivity index (χ0v) is 9.97. The Morgan fingerprint density at radius 2 is 2.44 bits per heavy atom. The summed E-state index contributed by atoms with van der Waals surface area (Å²) >= 11 is 0. The van der Waals surface area contributed by atoms with Crippen LogP contribution < -0.4 is 0 Å². The summed E-state index contributed by atoms with van der Waals surface area (Å²) in [6.45, 7) is 4.74. The van der Waals surface area contributed by atoms with E-state index in [1.54, 1.807) is 12.3 Å². The van der Waals surface area contributed by atoms with Crippen molar-refractivity contribution < 1.29 is 9.90 Å². The number of hydrogen-bond donors (Lipinski definition) is 2. The van der Waals surface area contributed by atoms with Crippen LogP contribution in [0.1, 0.15) is 5.56 Å². The first-order valence-corrected chi connectivity index (χ1v) is 5.66. The Bertz CT molecular complexity index is 562. The first kappa shape index (κ1) is 12.3. The van der Waals surface area contributed by atoms with Gasteiger partial charge in [0.2, 0.25) is 0 Å². The summed E-state index contributed by atoms with van der Waals surface area (Å²) in [5, 5.41) is 9.88. The van der Waals surface area contributed by atoms with Crippen molar-refractivity contribution in [3.05, 3.63) is 42.7 Å². The van der Waals surface area contributed by atoms with E-state index in [-0.39, 0.29) is 6.54 Å². The van der Waals surface area contributed by atoms with Crippen LogP contribution in [0.5, 0.6) is 0 Å². The van der Waals surface area contributed by atoms with Crippen molar-refractivity contribution in [1.82, 2.24) is 14.9 Å². The number of hydrogen-bond acceptors (Lipinski definition) is 3. The van der Waals surface area contributed by atoms with Crippen molar-refractivity contribution in [2.75, 3.05) is 13.1 Å². The molecule has 0 unspecified atom stereocenters. The molecule has 0 atom stereocenters. The highest BCUT2D eigenvalue weighted by atomic mass is 16.4. The van der Waals surface area contributed by atoms with Crippen molar-refractivity contribution >= 4 is 17.0 Å². The van der Waals surface area contributed by atoms with Crippen molar-refractivity contribution in [3.8, 4) is 0 Å². The second-order valence-electron chi connectivity index (χ2n) is 4.07. The minimum atomic E-state index is -0.838. The van der Waals surface area contributed by atoms with E-state index < -0.39 is 5.97 Å². The molecule has 2 aromatic heterocycles. The van der Waals surface area contributed by atoms with E-state index in [2.05, 4.69) is 16.5 Å². The number of pyridine rings is 1. The Kier molecular flexibility index (Phi) is 3.74. The molecule has 0 fully saturated rings. The summed E-state index contributed by atoms with van der Waals surface area (Å²) in [5.41, 5.74) is 1.86. The Labute approximate surface area is 105 Å². The van der Waals surface area contributed by atoms with Crippen molar-refractivity contribution in [2.24, 2.45) is 0 Å². The number of carboxylic acid groups (broad SMARTS) is 1. The fourth-order valence-corrected chi connectivity index (χ4v) is 1.94. The van der Waals surface area contributed by atoms with Crippen LogP contribution in [0.2, 0.25) is 0 Å². The van der Waals surface area contributed by atoms with Gasteiger partial charge in [-0.1, -0.05) is 6.08 Å². The molecule has 0 aliphatic rings. The van der Waals surface area contributed by atoms with Crippen LogP contribution in [0, 0.1) is 0 Å². The van der Waals surface area contributed by atoms with Gasteiger partial charge >= 0.3 is 5.97 Å². The molecule has 2 N–H and O–H groups in total. The van der Waals surface area contributed by atoms with Gasteiger partial charge in [0.05, 0.1) is 6.54 Å². The molecule has 0 saturated heterocycles. The molecular weight excluding hydrogens is 230 g/mol. The summed E-state index contributed by atoms with van der Waals surface area (Å²) in [4.78, 5) is 19.9. The molecule has 94 valence electrons. The van der Waals surface area contributed by atoms with Crippen LogP contribution in [-0.2, 0) is 11.3 Å². The third kappa shape index (κ3) is 2.75. The maximum absolute atomic E-state index is 10.8. The molecule has 0 aliphatic carbocycles. The maximum atomic E-state index is 10.8. The zero-order valence-electron chi connectivity index (χ0n) is 9.97. The Hall–Kier alpha value is -2.14. The van der Waals surface area contributed by atoms with Gasteiger partial charge in [-0.3, -0.25) is 9.69 Å². The molecule has 2 heterocycles. The van der Waals surface area contributed by atoms with Crippen molar-refractivity contribution in [2.45, 2.75) is 6.54 Å². The summed E-state index contributed by atoms with van der Waals surface area (Å²) in [6.07, 6.45) is 5.30. The minimum Gasteiger partial charge on any atom is -0.480 e. The molecule has 2 rings (SSSR count). The number of carboxylic acids is 1. The van der Waals surface area contributed by atoms with E-state index in [0.717, 1.165) is 16.6 Å². The highest BCUT2D eigenvalue weighted by Gasteiger charge is 2.11. The molecule has 0 aliphatic heterocycles. The minimum absolute atomic E-state index is 0.00104. The molecule has 2 aromatic rings. The van der Waals surface area contributed by atoms with Gasteiger partial charge in [0.1, 0.15) is 5.65 Å². The summed E-state index contributed by atoms with van der Waals surface area (Å²) < 4.78 is 0. The van der Waals surface area contributed by atoms with Gasteiger partial charge in [0.25, 0.3) is 0 Å². The van der Waals surface area contributed by atoms with E-state index in [1.165, 1.54) is 0 Å². The number of aromatic amines is 1. The molecule has 5 heteroatoms. The molecule has 5 nitrogen and oxygen atoms in total. The second kappa shape index (κ2) is 5.46. The smallest absolute Gasteiger partial charge is 0.317 e. The van der Waals surface area contributed by atoms with Gasteiger partial charge in [0, 0.05) is 30.9 Å². The van der Waals surface area contributed by atoms with E-state index in [9.17, 15) is 4.79 Å². The monoisotopic (exact) mass is 245 g/mol. The van der Waals surface area contributed by atoms with Gasteiger partial charge in [-0.05, 0) is 17.7 Å². The largest absolute Gasteiger partial charge is 0.480 e. The lowest BCUT2D eigenvalue weighted by molar-refractivity contribution is -0.138. The average Bonchev–Trinajstić information content (AvgIpc) is 2.72. The number of aliphatic carboxylic acids is 1. The van der Waals surface area contributed by atoms with Crippen molar-refractivity contribution in [3.63, 3.8) is 0 Å². The Balaban J connectivity index is 2.19. The lowest BCUT2D eigenvalue weighted by atomic mass is 10.2. The number of nitrogens with zero attached hydrogens (tertiary/aromatic N) is 2. The summed E-state index contributed by atoms with van der Waals surface area (Å²) in [7, 11) is 0. The van der Waals surface area contributed by atoms with Gasteiger partial charge < -0.3 is 10.1 Å². The maximum Gasteiger partial charge on any atom is 0.317 e. The number of carbonyl (C=O) groups is 1. The van der Waals surface area contributed by atoms with E-state index in [4.69, 9.17) is 5.11 Å². The molecule has 0 amide bonds. The number of rotatable bonds is 6. The Morgan fingerprint density at radius 3 is 3.17 bits per heavy atom. The predicted octanol–water partition coefficient (Wildman–Crippen LogP) is 1.64. The standard InChI is InChI=1S/C13H15N3O2/c1-2-6-16(9-12(17)18)8-10-7-15-13-11(10)4-3-5-14-13/h2-5,7H,1,6,8-9H2,(H,14,15)(H,17,18). The van der Waals surface area contributed by atoms with Gasteiger partial charge in [0.15, 0.2) is 0 Å². The highest BCUT2D eigenvalue weighted by Crippen LogP contribution is 2.17. The normalized spacial score (nSPS) is 10.9. The third-order valence-electron chi connectivity index (χ3n) is 2.68. The lowest BCUT2D eigenvalue weighted by Crippen LogP contribution is -2.29. The average molecular weight is 245 g/mol. The Morgan fingerprint density at radius 1 is 1.61 bits per heavy atom. The van der Waals surface area contributed by atoms with E-state index >= 15 is 0 Å². The molecule has 0 aromatic carbocycles. The quantitative estimate of drug-likeness (QED) is 0.759. The van der Waals surface area contributed by atoms with Gasteiger partial charge in [-0.25, -0.2) is 4.98 Å². The van der Waals surface area contributed by atoms with E-state index in [0.29, 0.717) is 13.1 Å². The topological polar surface area (TPSA) is 69.2 Å². The van der Waals surface area contributed by atoms with Crippen LogP contribution in [0.15, 0.2) is 37.2 Å². The summed E-state index contributed by atoms with van der Waals surface area (Å²) in [6, 6.07) is 3.84. The lowest BCUT2D eigenvalue weighted by Gasteiger charge is -2.17. The fourth-order valence-electron chi connectivity index (χ4n) is 1.94. The van der Waals surface area contributed by atoms with Crippen LogP contribution >= 0.6 is 0 Å². The third-order valence-corrected chi connectivity index (χ3v) is 2.68. The van der Waals surface area contributed by atoms with Crippen molar-refractivity contribution in [1.29, 1.82) is 0 Å². The highest BCUT2D eigenvalue weighted by molar-refractivity contribution is 5.79. The van der Waals surface area contributed by atoms with Crippen LogP contribution in [0.25, 0.3) is 11.0 Å². The molecular formula is C13H15N3O2. The van der Waals surface area contributed by atoms with Gasteiger partial charge in [-0.15, -0.1) is 6.58 Å². The molecule has 0 bridgehead atoms. The van der Waals surface area contributed by atoms with Crippen LogP contribution in [0.4, 0.5) is 0 Å². The van der Waals surface area contributed by atoms with Gasteiger partial charge in [-0.2, -0.15) is 0 Å². The second-order valence-corrected chi connectivity index (χ2v) is 4.07. The first-order valence-electron chi connectivity index (χ1n) is 5.66. The molecule has 18 heavy (non-hydrogen) atoms. The fraction of sp³-hybridized carbons (Fsp3) is 0.231. The number of aromatic nitrogens is 2. The predicted molar refractivity (Wildman–Crippen MR) is 69.2 cm³/mol. The van der Waals surface area contributed by atoms with Crippen LogP contribution in [-0.4, -0.2) is 39.0 Å². The number of nitrogens with one attached hydrogen (secondary N) is 1. The van der Waals surface area contributed by atoms with E-state index in [1.807, 2.05) is 23.2 Å². The first-order chi connectivity index (χ1) is 8.70. The molecule has 0 saturated carbocycles. The number of fused-ring (bicyclic) bond motifs is 1. The van der Waals surface area contributed by atoms with Crippen LogP contribution in [0.3, 0.4) is 0 Å². The SMILES string of the molecule is C=CCN(CC(=O)O)Cc1c[nH]c2ncccc12.